The summed E-state index contributed by atoms with van der Waals surface area (Å²) < 4.78 is 6.15. The Labute approximate surface area is 324 Å². The van der Waals surface area contributed by atoms with E-state index in [9.17, 15) is 0 Å². The number of hydrogen-bond acceptors (Lipinski definition) is 4. The van der Waals surface area contributed by atoms with Crippen LogP contribution in [-0.4, -0.2) is 15.0 Å². The van der Waals surface area contributed by atoms with E-state index in [1.54, 1.807) is 0 Å². The van der Waals surface area contributed by atoms with E-state index in [0.717, 1.165) is 55.7 Å². The topological polar surface area (TPSA) is 51.8 Å². The number of benzene rings is 5. The Morgan fingerprint density at radius 2 is 1.38 bits per heavy atom. The third kappa shape index (κ3) is 7.32. The maximum Gasteiger partial charge on any atom is 0.216 e. The molecule has 53 heavy (non-hydrogen) atoms. The zero-order valence-electron chi connectivity index (χ0n) is 30.3. The molecule has 261 valence electrons. The molecule has 1 radical (unpaired) electrons. The second kappa shape index (κ2) is 15.1. The van der Waals surface area contributed by atoms with Gasteiger partial charge in [-0.05, 0) is 96.4 Å². The molecule has 0 unspecified atom stereocenters. The fraction of sp³-hybridized carbons (Fsp3) is 0.104. The number of furan rings is 1. The van der Waals surface area contributed by atoms with Crippen LogP contribution < -0.4 is 0 Å². The molecule has 4 nitrogen and oxygen atoms in total. The number of pyridine rings is 3. The minimum Gasteiger partial charge on any atom is -0.486 e. The van der Waals surface area contributed by atoms with Crippen molar-refractivity contribution in [3.05, 3.63) is 174 Å². The predicted molar refractivity (Wildman–Crippen MR) is 214 cm³/mol. The van der Waals surface area contributed by atoms with Gasteiger partial charge in [-0.2, -0.15) is 0 Å². The minimum atomic E-state index is 0. The monoisotopic (exact) mass is 864 g/mol. The number of fused-ring (bicyclic) bond motifs is 4. The van der Waals surface area contributed by atoms with Gasteiger partial charge in [0.1, 0.15) is 0 Å². The summed E-state index contributed by atoms with van der Waals surface area (Å²) in [6.45, 7) is 10.4. The number of hydrogen-bond donors (Lipinski definition) is 0. The Balaban J connectivity index is 0.000000174. The average molecular weight is 864 g/mol. The summed E-state index contributed by atoms with van der Waals surface area (Å²) in [6, 6.07) is 48.8. The number of aromatic nitrogens is 3. The molecular weight excluding hydrogens is 827 g/mol. The first kappa shape index (κ1) is 35.7. The van der Waals surface area contributed by atoms with Gasteiger partial charge in [0.2, 0.25) is 5.71 Å². The van der Waals surface area contributed by atoms with Crippen molar-refractivity contribution in [2.75, 3.05) is 0 Å². The number of aryl methyl sites for hydroxylation is 5. The van der Waals surface area contributed by atoms with E-state index in [4.69, 9.17) is 4.42 Å². The van der Waals surface area contributed by atoms with Gasteiger partial charge >= 0.3 is 0 Å². The van der Waals surface area contributed by atoms with Crippen LogP contribution in [0.15, 0.2) is 138 Å². The van der Waals surface area contributed by atoms with Gasteiger partial charge in [-0.3, -0.25) is 0 Å². The minimum absolute atomic E-state index is 0. The third-order valence-corrected chi connectivity index (χ3v) is 9.67. The van der Waals surface area contributed by atoms with Crippen molar-refractivity contribution in [1.29, 1.82) is 0 Å². The van der Waals surface area contributed by atoms with E-state index in [-0.39, 0.29) is 20.1 Å². The van der Waals surface area contributed by atoms with Gasteiger partial charge in [0.25, 0.3) is 0 Å². The largest absolute Gasteiger partial charge is 0.486 e. The molecule has 0 aliphatic rings. The van der Waals surface area contributed by atoms with Crippen molar-refractivity contribution in [2.45, 2.75) is 34.6 Å². The molecule has 9 rings (SSSR count). The molecule has 5 aromatic carbocycles. The first-order valence-corrected chi connectivity index (χ1v) is 17.5. The molecule has 4 aromatic heterocycles. The number of nitrogens with zero attached hydrogens (tertiary/aromatic N) is 3. The second-order valence-corrected chi connectivity index (χ2v) is 13.5. The zero-order valence-corrected chi connectivity index (χ0v) is 32.7. The quantitative estimate of drug-likeness (QED) is 0.165. The van der Waals surface area contributed by atoms with Crippen LogP contribution >= 0.6 is 0 Å². The SMILES string of the molecule is Cc1ccc2cc(-c3ccnc(-c4[c-]ccc5c4oc4nc(C)ccc45)c3)ccc2c1.Cc1cnc(-c2[c-]cc(C)c(-c3ccccc3)c2)cc1C.[Ir]. The summed E-state index contributed by atoms with van der Waals surface area (Å²) in [5.41, 5.74) is 15.8. The van der Waals surface area contributed by atoms with Crippen LogP contribution in [0.2, 0.25) is 0 Å². The Morgan fingerprint density at radius 3 is 2.21 bits per heavy atom. The fourth-order valence-electron chi connectivity index (χ4n) is 6.61. The van der Waals surface area contributed by atoms with Crippen molar-refractivity contribution in [2.24, 2.45) is 0 Å². The van der Waals surface area contributed by atoms with Crippen molar-refractivity contribution < 1.29 is 24.5 Å². The van der Waals surface area contributed by atoms with Crippen LogP contribution in [0.1, 0.15) is 27.9 Å². The zero-order chi connectivity index (χ0) is 35.8. The maximum atomic E-state index is 6.15. The first-order valence-electron chi connectivity index (χ1n) is 17.5. The molecule has 0 aliphatic heterocycles. The van der Waals surface area contributed by atoms with Gasteiger partial charge < -0.3 is 14.4 Å². The maximum absolute atomic E-state index is 6.15. The smallest absolute Gasteiger partial charge is 0.216 e. The number of rotatable bonds is 4. The van der Waals surface area contributed by atoms with E-state index in [1.165, 1.54) is 44.2 Å². The van der Waals surface area contributed by atoms with Gasteiger partial charge in [0.15, 0.2) is 0 Å². The summed E-state index contributed by atoms with van der Waals surface area (Å²) >= 11 is 0. The summed E-state index contributed by atoms with van der Waals surface area (Å²) in [5.74, 6) is 0. The summed E-state index contributed by atoms with van der Waals surface area (Å²) in [6.07, 6.45) is 3.78. The molecule has 0 aliphatic carbocycles. The van der Waals surface area contributed by atoms with Crippen LogP contribution in [0.4, 0.5) is 0 Å². The molecule has 5 heteroatoms. The standard InChI is InChI=1S/C28H19N2O.C20H18N.Ir/c1-17-6-8-20-15-21(10-9-19(20)14-17)22-12-13-29-26(16-22)25-5-3-4-23-24-11-7-18(2)30-28(24)31-27(23)25;1-14-9-10-18(20-11-15(2)16(3)13-21-20)12-19(14)17-7-5-4-6-8-17;/h3-4,6-16H,1-2H3;4-9,11-13H,1-3H3;/q2*-1;. The van der Waals surface area contributed by atoms with Crippen molar-refractivity contribution >= 4 is 32.8 Å². The molecule has 9 aromatic rings. The van der Waals surface area contributed by atoms with E-state index in [0.29, 0.717) is 5.71 Å². The third-order valence-electron chi connectivity index (χ3n) is 9.67. The molecule has 4 heterocycles. The molecule has 0 spiro atoms. The van der Waals surface area contributed by atoms with Gasteiger partial charge in [-0.1, -0.05) is 107 Å². The Morgan fingerprint density at radius 1 is 0.585 bits per heavy atom. The van der Waals surface area contributed by atoms with Crippen LogP contribution in [-0.2, 0) is 20.1 Å². The van der Waals surface area contributed by atoms with E-state index < -0.39 is 0 Å². The normalized spacial score (nSPS) is 11.0. The second-order valence-electron chi connectivity index (χ2n) is 13.5. The van der Waals surface area contributed by atoms with E-state index >= 15 is 0 Å². The molecule has 0 saturated heterocycles. The Hall–Kier alpha value is -5.74. The van der Waals surface area contributed by atoms with Gasteiger partial charge in [0.05, 0.1) is 5.58 Å². The van der Waals surface area contributed by atoms with Gasteiger partial charge in [-0.15, -0.1) is 47.5 Å². The van der Waals surface area contributed by atoms with Crippen molar-refractivity contribution in [3.63, 3.8) is 0 Å². The molecule has 0 N–H and O–H groups in total. The molecular formula is C48H37IrN3O-2. The molecule has 0 saturated carbocycles. The fourth-order valence-corrected chi connectivity index (χ4v) is 6.61. The van der Waals surface area contributed by atoms with E-state index in [1.807, 2.05) is 49.6 Å². The predicted octanol–water partition coefficient (Wildman–Crippen LogP) is 12.4. The molecule has 0 bridgehead atoms. The first-order chi connectivity index (χ1) is 25.3. The van der Waals surface area contributed by atoms with Crippen molar-refractivity contribution in [3.8, 4) is 44.8 Å². The van der Waals surface area contributed by atoms with Crippen LogP contribution in [0.5, 0.6) is 0 Å². The van der Waals surface area contributed by atoms with Crippen LogP contribution in [0.25, 0.3) is 77.6 Å². The molecule has 0 fully saturated rings. The Kier molecular flexibility index (Phi) is 10.1. The van der Waals surface area contributed by atoms with Gasteiger partial charge in [0, 0.05) is 43.6 Å². The van der Waals surface area contributed by atoms with Gasteiger partial charge in [-0.25, -0.2) is 4.98 Å². The summed E-state index contributed by atoms with van der Waals surface area (Å²) in [5, 5.41) is 4.52. The van der Waals surface area contributed by atoms with Crippen molar-refractivity contribution in [1.82, 2.24) is 15.0 Å². The average Bonchev–Trinajstić information content (AvgIpc) is 3.54. The summed E-state index contributed by atoms with van der Waals surface area (Å²) in [7, 11) is 0. The molecule has 0 amide bonds. The molecule has 0 atom stereocenters. The van der Waals surface area contributed by atoms with Crippen LogP contribution in [0.3, 0.4) is 0 Å². The summed E-state index contributed by atoms with van der Waals surface area (Å²) in [4.78, 5) is 13.7. The van der Waals surface area contributed by atoms with Crippen LogP contribution in [0, 0.1) is 46.8 Å². The Bertz CT molecular complexity index is 2750. The van der Waals surface area contributed by atoms with E-state index in [2.05, 4.69) is 146 Å².